The number of rotatable bonds is 10. The predicted molar refractivity (Wildman–Crippen MR) is 86.4 cm³/mol. The minimum Gasteiger partial charge on any atom is -0.497 e. The molecule has 0 saturated heterocycles. The first-order valence-corrected chi connectivity index (χ1v) is 7.77. The topological polar surface area (TPSA) is 24.5 Å². The minimum atomic E-state index is 0.387. The lowest BCUT2D eigenvalue weighted by molar-refractivity contribution is 0.286. The summed E-state index contributed by atoms with van der Waals surface area (Å²) in [6, 6.07) is 8.78. The van der Waals surface area contributed by atoms with Crippen LogP contribution in [0, 0.1) is 0 Å². The molecule has 1 N–H and O–H groups in total. The van der Waals surface area contributed by atoms with Crippen molar-refractivity contribution in [2.75, 3.05) is 33.8 Å². The number of nitrogens with one attached hydrogen (secondary N) is 1. The van der Waals surface area contributed by atoms with E-state index >= 15 is 0 Å². The van der Waals surface area contributed by atoms with E-state index in [1.54, 1.807) is 7.11 Å². The van der Waals surface area contributed by atoms with Crippen molar-refractivity contribution in [3.05, 3.63) is 29.8 Å². The molecule has 114 valence electrons. The van der Waals surface area contributed by atoms with Crippen LogP contribution >= 0.6 is 0 Å². The average Bonchev–Trinajstić information content (AvgIpc) is 2.47. The van der Waals surface area contributed by atoms with Crippen LogP contribution in [0.1, 0.15) is 44.7 Å². The molecule has 0 saturated carbocycles. The van der Waals surface area contributed by atoms with E-state index in [1.165, 1.54) is 31.4 Å². The first kappa shape index (κ1) is 17.0. The van der Waals surface area contributed by atoms with Crippen molar-refractivity contribution < 1.29 is 4.74 Å². The van der Waals surface area contributed by atoms with Crippen molar-refractivity contribution >= 4 is 0 Å². The van der Waals surface area contributed by atoms with Gasteiger partial charge in [-0.15, -0.1) is 0 Å². The van der Waals surface area contributed by atoms with Crippen LogP contribution in [-0.2, 0) is 0 Å². The lowest BCUT2D eigenvalue weighted by Crippen LogP contribution is -2.33. The summed E-state index contributed by atoms with van der Waals surface area (Å²) in [5.74, 6) is 0.917. The predicted octanol–water partition coefficient (Wildman–Crippen LogP) is 3.47. The number of hydrogen-bond donors (Lipinski definition) is 1. The van der Waals surface area contributed by atoms with Gasteiger partial charge in [0.05, 0.1) is 7.11 Å². The number of unbranched alkanes of at least 4 members (excludes halogenated alkanes) is 2. The van der Waals surface area contributed by atoms with Crippen molar-refractivity contribution in [1.29, 1.82) is 0 Å². The second-order valence-electron chi connectivity index (χ2n) is 5.35. The highest BCUT2D eigenvalue weighted by Gasteiger charge is 2.12. The van der Waals surface area contributed by atoms with E-state index in [2.05, 4.69) is 43.2 Å². The Morgan fingerprint density at radius 3 is 2.40 bits per heavy atom. The molecule has 0 spiro atoms. The maximum absolute atomic E-state index is 5.22. The van der Waals surface area contributed by atoms with Crippen LogP contribution in [0.3, 0.4) is 0 Å². The summed E-state index contributed by atoms with van der Waals surface area (Å²) in [5.41, 5.74) is 1.33. The van der Waals surface area contributed by atoms with Gasteiger partial charge in [0.25, 0.3) is 0 Å². The summed E-state index contributed by atoms with van der Waals surface area (Å²) >= 11 is 0. The average molecular weight is 278 g/mol. The summed E-state index contributed by atoms with van der Waals surface area (Å²) in [7, 11) is 3.92. The molecule has 0 aliphatic rings. The van der Waals surface area contributed by atoms with Crippen LogP contribution in [0.4, 0.5) is 0 Å². The third-order valence-electron chi connectivity index (χ3n) is 3.61. The van der Waals surface area contributed by atoms with Crippen LogP contribution in [0.5, 0.6) is 5.75 Å². The Morgan fingerprint density at radius 1 is 1.15 bits per heavy atom. The molecule has 1 aromatic carbocycles. The Balaban J connectivity index is 2.57. The zero-order valence-corrected chi connectivity index (χ0v) is 13.5. The monoisotopic (exact) mass is 278 g/mol. The first-order chi connectivity index (χ1) is 9.71. The molecule has 0 radical (unpaired) electrons. The molecule has 0 amide bonds. The van der Waals surface area contributed by atoms with E-state index in [0.29, 0.717) is 6.04 Å². The molecule has 1 aromatic rings. The van der Waals surface area contributed by atoms with Crippen LogP contribution in [0.15, 0.2) is 24.3 Å². The van der Waals surface area contributed by atoms with Gasteiger partial charge in [0.2, 0.25) is 0 Å². The van der Waals surface area contributed by atoms with E-state index in [0.717, 1.165) is 18.8 Å². The summed E-state index contributed by atoms with van der Waals surface area (Å²) in [5, 5.41) is 3.58. The van der Waals surface area contributed by atoms with Crippen LogP contribution < -0.4 is 10.1 Å². The highest BCUT2D eigenvalue weighted by molar-refractivity contribution is 5.29. The number of likely N-dealkylation sites (N-methyl/N-ethyl adjacent to an activating group) is 2. The first-order valence-electron chi connectivity index (χ1n) is 7.77. The van der Waals surface area contributed by atoms with Gasteiger partial charge in [-0.1, -0.05) is 38.8 Å². The SMILES string of the molecule is CCCCCN(C)CC(NCC)c1ccc(OC)cc1. The fourth-order valence-corrected chi connectivity index (χ4v) is 2.41. The molecule has 20 heavy (non-hydrogen) atoms. The van der Waals surface area contributed by atoms with E-state index in [4.69, 9.17) is 4.74 Å². The third-order valence-corrected chi connectivity index (χ3v) is 3.61. The molecule has 1 atom stereocenters. The van der Waals surface area contributed by atoms with Crippen LogP contribution in [-0.4, -0.2) is 38.7 Å². The van der Waals surface area contributed by atoms with E-state index < -0.39 is 0 Å². The van der Waals surface area contributed by atoms with E-state index in [1.807, 2.05) is 12.1 Å². The van der Waals surface area contributed by atoms with Gasteiger partial charge < -0.3 is 15.0 Å². The molecule has 3 heteroatoms. The van der Waals surface area contributed by atoms with Gasteiger partial charge in [0.1, 0.15) is 5.75 Å². The van der Waals surface area contributed by atoms with Gasteiger partial charge in [0.15, 0.2) is 0 Å². The Morgan fingerprint density at radius 2 is 1.85 bits per heavy atom. The Kier molecular flexibility index (Phi) is 8.31. The molecular formula is C17H30N2O. The summed E-state index contributed by atoms with van der Waals surface area (Å²) in [6.45, 7) is 7.61. The van der Waals surface area contributed by atoms with Crippen LogP contribution in [0.25, 0.3) is 0 Å². The number of benzene rings is 1. The largest absolute Gasteiger partial charge is 0.497 e. The number of hydrogen-bond acceptors (Lipinski definition) is 3. The van der Waals surface area contributed by atoms with Gasteiger partial charge in [0, 0.05) is 12.6 Å². The maximum atomic E-state index is 5.22. The molecule has 0 aliphatic carbocycles. The molecule has 1 unspecified atom stereocenters. The van der Waals surface area contributed by atoms with Crippen molar-refractivity contribution in [3.63, 3.8) is 0 Å². The highest BCUT2D eigenvalue weighted by atomic mass is 16.5. The molecule has 3 nitrogen and oxygen atoms in total. The van der Waals surface area contributed by atoms with Crippen molar-refractivity contribution in [2.24, 2.45) is 0 Å². The molecule has 0 aliphatic heterocycles. The van der Waals surface area contributed by atoms with Crippen molar-refractivity contribution in [3.8, 4) is 5.75 Å². The van der Waals surface area contributed by atoms with Crippen molar-refractivity contribution in [1.82, 2.24) is 10.2 Å². The number of nitrogens with zero attached hydrogens (tertiary/aromatic N) is 1. The zero-order valence-electron chi connectivity index (χ0n) is 13.5. The fourth-order valence-electron chi connectivity index (χ4n) is 2.41. The van der Waals surface area contributed by atoms with Gasteiger partial charge in [-0.25, -0.2) is 0 Å². The van der Waals surface area contributed by atoms with E-state index in [-0.39, 0.29) is 0 Å². The maximum Gasteiger partial charge on any atom is 0.118 e. The van der Waals surface area contributed by atoms with Crippen molar-refractivity contribution in [2.45, 2.75) is 39.2 Å². The molecule has 0 bridgehead atoms. The molecule has 1 rings (SSSR count). The zero-order chi connectivity index (χ0) is 14.8. The smallest absolute Gasteiger partial charge is 0.118 e. The molecule has 0 heterocycles. The summed E-state index contributed by atoms with van der Waals surface area (Å²) < 4.78 is 5.22. The number of methoxy groups -OCH3 is 1. The lowest BCUT2D eigenvalue weighted by Gasteiger charge is -2.25. The van der Waals surface area contributed by atoms with E-state index in [9.17, 15) is 0 Å². The molecular weight excluding hydrogens is 248 g/mol. The molecule has 0 aromatic heterocycles. The number of ether oxygens (including phenoxy) is 1. The van der Waals surface area contributed by atoms with Gasteiger partial charge in [-0.05, 0) is 44.3 Å². The van der Waals surface area contributed by atoms with Gasteiger partial charge in [-0.2, -0.15) is 0 Å². The summed E-state index contributed by atoms with van der Waals surface area (Å²) in [4.78, 5) is 2.42. The Bertz CT molecular complexity index is 351. The lowest BCUT2D eigenvalue weighted by atomic mass is 10.1. The fraction of sp³-hybridized carbons (Fsp3) is 0.647. The standard InChI is InChI=1S/C17H30N2O/c1-5-7-8-13-19(3)14-17(18-6-2)15-9-11-16(20-4)12-10-15/h9-12,17-18H,5-8,13-14H2,1-4H3. The summed E-state index contributed by atoms with van der Waals surface area (Å²) in [6.07, 6.45) is 3.89. The Labute approximate surface area is 124 Å². The second kappa shape index (κ2) is 9.78. The highest BCUT2D eigenvalue weighted by Crippen LogP contribution is 2.18. The Hall–Kier alpha value is -1.06. The third kappa shape index (κ3) is 5.93. The minimum absolute atomic E-state index is 0.387. The van der Waals surface area contributed by atoms with Crippen LogP contribution in [0.2, 0.25) is 0 Å². The van der Waals surface area contributed by atoms with Gasteiger partial charge >= 0.3 is 0 Å². The normalized spacial score (nSPS) is 12.7. The second-order valence-corrected chi connectivity index (χ2v) is 5.35. The molecule has 0 fully saturated rings. The van der Waals surface area contributed by atoms with Gasteiger partial charge in [-0.3, -0.25) is 0 Å². The quantitative estimate of drug-likeness (QED) is 0.663.